The average molecular weight is 251 g/mol. The minimum Gasteiger partial charge on any atom is -0.376 e. The van der Waals surface area contributed by atoms with E-state index in [-0.39, 0.29) is 32.7 Å². The van der Waals surface area contributed by atoms with Gasteiger partial charge in [0, 0.05) is 32.7 Å². The monoisotopic (exact) mass is 251 g/mol. The molecule has 0 aliphatic heterocycles. The fraction of sp³-hybridized carbons (Fsp3) is 0.273. The average Bonchev–Trinajstić information content (AvgIpc) is 2.05. The van der Waals surface area contributed by atoms with E-state index in [0.29, 0.717) is 5.56 Å². The first kappa shape index (κ1) is 15.5. The normalized spacial score (nSPS) is 8.00. The van der Waals surface area contributed by atoms with Gasteiger partial charge in [-0.3, -0.25) is 0 Å². The zero-order valence-corrected chi connectivity index (χ0v) is 11.2. The summed E-state index contributed by atoms with van der Waals surface area (Å²) in [6.07, 6.45) is 1.78. The van der Waals surface area contributed by atoms with Gasteiger partial charge in [-0.05, 0) is 0 Å². The van der Waals surface area contributed by atoms with Crippen LogP contribution in [0.4, 0.5) is 0 Å². The van der Waals surface area contributed by atoms with Crippen molar-refractivity contribution in [3.05, 3.63) is 41.8 Å². The van der Waals surface area contributed by atoms with E-state index in [9.17, 15) is 4.79 Å². The Morgan fingerprint density at radius 2 is 1.46 bits per heavy atom. The van der Waals surface area contributed by atoms with Crippen molar-refractivity contribution in [2.45, 2.75) is 20.8 Å². The van der Waals surface area contributed by atoms with Crippen LogP contribution in [0.15, 0.2) is 30.3 Å². The summed E-state index contributed by atoms with van der Waals surface area (Å²) >= 11 is 0. The first-order valence-corrected chi connectivity index (χ1v) is 3.86. The number of hydrogen-bond donors (Lipinski definition) is 0. The predicted molar refractivity (Wildman–Crippen MR) is 51.5 cm³/mol. The molecule has 0 amide bonds. The molecular formula is C11H14OY-2. The smallest absolute Gasteiger partial charge is 0.0627 e. The molecule has 0 heterocycles. The molecule has 0 saturated carbocycles. The Morgan fingerprint density at radius 3 is 1.69 bits per heavy atom. The predicted octanol–water partition coefficient (Wildman–Crippen LogP) is 2.76. The van der Waals surface area contributed by atoms with Crippen LogP contribution in [0.25, 0.3) is 0 Å². The minimum absolute atomic E-state index is 0. The Morgan fingerprint density at radius 1 is 1.08 bits per heavy atom. The van der Waals surface area contributed by atoms with Gasteiger partial charge in [-0.15, -0.1) is 12.1 Å². The molecule has 0 N–H and O–H groups in total. The van der Waals surface area contributed by atoms with Crippen molar-refractivity contribution >= 4 is 6.29 Å². The first-order chi connectivity index (χ1) is 5.66. The van der Waals surface area contributed by atoms with Gasteiger partial charge in [0.15, 0.2) is 0 Å². The van der Waals surface area contributed by atoms with Crippen LogP contribution in [0.5, 0.6) is 0 Å². The fourth-order valence-electron chi connectivity index (χ4n) is 0.506. The van der Waals surface area contributed by atoms with E-state index in [4.69, 9.17) is 0 Å². The van der Waals surface area contributed by atoms with Crippen LogP contribution < -0.4 is 0 Å². The summed E-state index contributed by atoms with van der Waals surface area (Å²) in [5, 5.41) is 0. The van der Waals surface area contributed by atoms with Gasteiger partial charge in [0.05, 0.1) is 6.29 Å². The van der Waals surface area contributed by atoms with Crippen LogP contribution >= 0.6 is 0 Å². The Hall–Kier alpha value is -0.00610. The third-order valence-corrected chi connectivity index (χ3v) is 0.892. The van der Waals surface area contributed by atoms with Crippen molar-refractivity contribution in [1.29, 1.82) is 0 Å². The van der Waals surface area contributed by atoms with Crippen LogP contribution in [-0.2, 0) is 37.5 Å². The summed E-state index contributed by atoms with van der Waals surface area (Å²) in [7, 11) is 0. The SMILES string of the molecule is C[C-](C)C.O=[C-]c1ccccc1.[Y]. The zero-order chi connectivity index (χ0) is 9.40. The molecular weight excluding hydrogens is 237 g/mol. The summed E-state index contributed by atoms with van der Waals surface area (Å²) in [6.45, 7) is 6.25. The molecule has 0 aliphatic carbocycles. The molecule has 1 rings (SSSR count). The van der Waals surface area contributed by atoms with Crippen molar-refractivity contribution in [3.8, 4) is 0 Å². The second kappa shape index (κ2) is 10.1. The summed E-state index contributed by atoms with van der Waals surface area (Å²) in [4.78, 5) is 9.88. The van der Waals surface area contributed by atoms with Gasteiger partial charge < -0.3 is 10.7 Å². The molecule has 2 heteroatoms. The largest absolute Gasteiger partial charge is 0.376 e. The van der Waals surface area contributed by atoms with Gasteiger partial charge in [0.2, 0.25) is 0 Å². The van der Waals surface area contributed by atoms with Gasteiger partial charge in [-0.1, -0.05) is 6.07 Å². The summed E-state index contributed by atoms with van der Waals surface area (Å²) in [6, 6.07) is 8.90. The fourth-order valence-corrected chi connectivity index (χ4v) is 0.506. The Balaban J connectivity index is 0. The number of rotatable bonds is 1. The molecule has 1 aromatic carbocycles. The van der Waals surface area contributed by atoms with Crippen molar-refractivity contribution < 1.29 is 37.5 Å². The molecule has 0 aliphatic rings. The van der Waals surface area contributed by atoms with Crippen LogP contribution in [-0.4, -0.2) is 6.29 Å². The van der Waals surface area contributed by atoms with Crippen LogP contribution in [0.1, 0.15) is 26.3 Å². The third kappa shape index (κ3) is 12.0. The van der Waals surface area contributed by atoms with E-state index < -0.39 is 0 Å². The molecule has 0 saturated heterocycles. The molecule has 69 valence electrons. The van der Waals surface area contributed by atoms with Gasteiger partial charge in [-0.2, -0.15) is 38.5 Å². The Labute approximate surface area is 106 Å². The van der Waals surface area contributed by atoms with E-state index in [1.807, 2.05) is 6.07 Å². The number of hydrogen-bond acceptors (Lipinski definition) is 1. The van der Waals surface area contributed by atoms with Crippen LogP contribution in [0, 0.1) is 5.92 Å². The third-order valence-electron chi connectivity index (χ3n) is 0.892. The Bertz CT molecular complexity index is 204. The minimum atomic E-state index is 0. The Kier molecular flexibility index (Phi) is 12.0. The van der Waals surface area contributed by atoms with E-state index in [0.717, 1.165) is 0 Å². The molecule has 0 fully saturated rings. The standard InChI is InChI=1S/C7H5O.C4H9.Y/c8-6-7-4-2-1-3-5-7;1-4(2)3;/h1-5H;1-3H3;/q2*-1;. The molecule has 0 unspecified atom stereocenters. The van der Waals surface area contributed by atoms with Crippen molar-refractivity contribution in [1.82, 2.24) is 0 Å². The maximum atomic E-state index is 9.88. The molecule has 0 atom stereocenters. The molecule has 0 aromatic heterocycles. The molecule has 0 bridgehead atoms. The molecule has 1 aromatic rings. The van der Waals surface area contributed by atoms with Crippen molar-refractivity contribution in [3.63, 3.8) is 0 Å². The van der Waals surface area contributed by atoms with Crippen molar-refractivity contribution in [2.24, 2.45) is 0 Å². The van der Waals surface area contributed by atoms with Gasteiger partial charge in [0.25, 0.3) is 0 Å². The summed E-state index contributed by atoms with van der Waals surface area (Å²) in [5.74, 6) is 1.42. The second-order valence-electron chi connectivity index (χ2n) is 2.97. The first-order valence-electron chi connectivity index (χ1n) is 3.86. The second-order valence-corrected chi connectivity index (χ2v) is 2.97. The molecule has 0 spiro atoms. The van der Waals surface area contributed by atoms with E-state index in [2.05, 4.69) is 20.8 Å². The van der Waals surface area contributed by atoms with Crippen LogP contribution in [0.2, 0.25) is 0 Å². The van der Waals surface area contributed by atoms with Gasteiger partial charge >= 0.3 is 0 Å². The van der Waals surface area contributed by atoms with Gasteiger partial charge in [-0.25, -0.2) is 0 Å². The van der Waals surface area contributed by atoms with E-state index in [1.165, 1.54) is 5.92 Å². The molecule has 1 nitrogen and oxygen atoms in total. The maximum Gasteiger partial charge on any atom is 0.0627 e. The topological polar surface area (TPSA) is 17.1 Å². The molecule has 1 radical (unpaired) electrons. The number of carbonyl (C=O) groups excluding carboxylic acids is 1. The summed E-state index contributed by atoms with van der Waals surface area (Å²) in [5.41, 5.74) is 0.604. The van der Waals surface area contributed by atoms with Crippen molar-refractivity contribution in [2.75, 3.05) is 0 Å². The summed E-state index contributed by atoms with van der Waals surface area (Å²) < 4.78 is 0. The zero-order valence-electron chi connectivity index (χ0n) is 8.37. The van der Waals surface area contributed by atoms with Gasteiger partial charge in [0.1, 0.15) is 0 Å². The number of benzene rings is 1. The quantitative estimate of drug-likeness (QED) is 0.701. The maximum absolute atomic E-state index is 9.88. The van der Waals surface area contributed by atoms with E-state index in [1.54, 1.807) is 30.6 Å². The van der Waals surface area contributed by atoms with Crippen LogP contribution in [0.3, 0.4) is 0 Å². The van der Waals surface area contributed by atoms with E-state index >= 15 is 0 Å². The molecule has 13 heavy (non-hydrogen) atoms.